The van der Waals surface area contributed by atoms with Crippen molar-refractivity contribution in [2.45, 2.75) is 6.43 Å². The van der Waals surface area contributed by atoms with Crippen LogP contribution in [0.15, 0.2) is 72.5 Å². The van der Waals surface area contributed by atoms with Gasteiger partial charge in [-0.15, -0.1) is 0 Å². The molecule has 0 fully saturated rings. The zero-order chi connectivity index (χ0) is 19.6. The summed E-state index contributed by atoms with van der Waals surface area (Å²) in [7, 11) is 0. The van der Waals surface area contributed by atoms with E-state index in [1.165, 1.54) is 42.6 Å². The second-order valence-corrected chi connectivity index (χ2v) is 5.89. The van der Waals surface area contributed by atoms with E-state index in [4.69, 9.17) is 0 Å². The van der Waals surface area contributed by atoms with Gasteiger partial charge in [-0.3, -0.25) is 14.5 Å². The molecule has 7 heteroatoms. The van der Waals surface area contributed by atoms with Gasteiger partial charge in [0.1, 0.15) is 5.82 Å². The minimum Gasteiger partial charge on any atom is -0.361 e. The average Bonchev–Trinajstić information content (AvgIpc) is 2.90. The molecule has 0 aliphatic carbocycles. The van der Waals surface area contributed by atoms with Gasteiger partial charge in [-0.05, 0) is 42.0 Å². The number of anilines is 1. The second kappa shape index (κ2) is 7.49. The number of carbonyl (C=O) groups excluding carboxylic acids is 2. The fourth-order valence-electron chi connectivity index (χ4n) is 2.65. The van der Waals surface area contributed by atoms with Gasteiger partial charge in [0.25, 0.3) is 18.2 Å². The molecule has 0 radical (unpaired) electrons. The van der Waals surface area contributed by atoms with E-state index in [9.17, 15) is 22.8 Å². The van der Waals surface area contributed by atoms with Crippen LogP contribution in [-0.4, -0.2) is 29.7 Å². The minimum atomic E-state index is -2.86. The van der Waals surface area contributed by atoms with Crippen LogP contribution in [0.1, 0.15) is 20.7 Å². The Morgan fingerprint density at radius 2 is 1.59 bits per heavy atom. The van der Waals surface area contributed by atoms with Gasteiger partial charge in [-0.1, -0.05) is 18.7 Å². The van der Waals surface area contributed by atoms with Crippen molar-refractivity contribution in [1.29, 1.82) is 0 Å². The number of nitrogens with one attached hydrogen (secondary N) is 1. The van der Waals surface area contributed by atoms with E-state index in [1.807, 2.05) is 0 Å². The normalized spacial score (nSPS) is 13.9. The molecule has 1 heterocycles. The number of fused-ring (bicyclic) bond motifs is 1. The summed E-state index contributed by atoms with van der Waals surface area (Å²) >= 11 is 0. The van der Waals surface area contributed by atoms with Crippen molar-refractivity contribution >= 4 is 17.5 Å². The van der Waals surface area contributed by atoms with Crippen LogP contribution in [0.3, 0.4) is 0 Å². The van der Waals surface area contributed by atoms with E-state index >= 15 is 0 Å². The van der Waals surface area contributed by atoms with E-state index in [1.54, 1.807) is 12.1 Å². The predicted octanol–water partition coefficient (Wildman–Crippen LogP) is 4.24. The summed E-state index contributed by atoms with van der Waals surface area (Å²) in [6, 6.07) is 11.5. The summed E-state index contributed by atoms with van der Waals surface area (Å²) < 4.78 is 39.3. The van der Waals surface area contributed by atoms with Crippen molar-refractivity contribution in [2.24, 2.45) is 0 Å². The summed E-state index contributed by atoms with van der Waals surface area (Å²) in [6.45, 7) is 3.00. The first-order chi connectivity index (χ1) is 12.9. The molecular formula is C20H15F3N2O2. The molecule has 2 aromatic carbocycles. The number of nitrogens with zero attached hydrogens (tertiary/aromatic N) is 1. The number of benzene rings is 2. The first kappa shape index (κ1) is 18.4. The van der Waals surface area contributed by atoms with Crippen molar-refractivity contribution in [3.05, 3.63) is 89.4 Å². The second-order valence-electron chi connectivity index (χ2n) is 5.89. The molecule has 138 valence electrons. The van der Waals surface area contributed by atoms with Gasteiger partial charge >= 0.3 is 0 Å². The molecule has 1 aliphatic heterocycles. The van der Waals surface area contributed by atoms with Gasteiger partial charge in [0.15, 0.2) is 0 Å². The topological polar surface area (TPSA) is 49.4 Å². The molecule has 3 rings (SSSR count). The Morgan fingerprint density at radius 1 is 1.04 bits per heavy atom. The molecule has 0 saturated carbocycles. The molecule has 0 bridgehead atoms. The van der Waals surface area contributed by atoms with Crippen LogP contribution in [0.25, 0.3) is 0 Å². The third-order valence-electron chi connectivity index (χ3n) is 4.14. The summed E-state index contributed by atoms with van der Waals surface area (Å²) in [5.74, 6) is -1.54. The van der Waals surface area contributed by atoms with E-state index in [-0.39, 0.29) is 23.2 Å². The quantitative estimate of drug-likeness (QED) is 0.610. The van der Waals surface area contributed by atoms with Crippen LogP contribution in [0.4, 0.5) is 18.9 Å². The van der Waals surface area contributed by atoms with Gasteiger partial charge < -0.3 is 5.32 Å². The number of rotatable bonds is 6. The predicted molar refractivity (Wildman–Crippen MR) is 95.1 cm³/mol. The maximum atomic E-state index is 13.2. The Labute approximate surface area is 153 Å². The fourth-order valence-corrected chi connectivity index (χ4v) is 2.65. The van der Waals surface area contributed by atoms with Gasteiger partial charge in [-0.2, -0.15) is 0 Å². The molecule has 1 aliphatic rings. The molecule has 0 unspecified atom stereocenters. The third-order valence-corrected chi connectivity index (χ3v) is 4.14. The molecular weight excluding hydrogens is 357 g/mol. The van der Waals surface area contributed by atoms with Crippen LogP contribution < -0.4 is 5.32 Å². The maximum absolute atomic E-state index is 13.2. The Morgan fingerprint density at radius 3 is 2.11 bits per heavy atom. The highest BCUT2D eigenvalue weighted by molar-refractivity contribution is 6.21. The lowest BCUT2D eigenvalue weighted by atomic mass is 10.1. The molecule has 2 amide bonds. The summed E-state index contributed by atoms with van der Waals surface area (Å²) in [6.07, 6.45) is -1.62. The molecule has 0 aromatic heterocycles. The molecule has 4 nitrogen and oxygen atoms in total. The molecule has 2 aromatic rings. The number of hydrogen-bond acceptors (Lipinski definition) is 3. The number of halogens is 3. The van der Waals surface area contributed by atoms with Crippen molar-refractivity contribution < 1.29 is 22.8 Å². The third kappa shape index (κ3) is 3.76. The van der Waals surface area contributed by atoms with E-state index in [0.717, 1.165) is 4.90 Å². The van der Waals surface area contributed by atoms with Crippen molar-refractivity contribution in [3.63, 3.8) is 0 Å². The Balaban J connectivity index is 1.85. The van der Waals surface area contributed by atoms with Crippen molar-refractivity contribution in [2.75, 3.05) is 11.9 Å². The van der Waals surface area contributed by atoms with Gasteiger partial charge in [0.05, 0.1) is 17.7 Å². The highest BCUT2D eigenvalue weighted by Gasteiger charge is 2.36. The lowest BCUT2D eigenvalue weighted by molar-refractivity contribution is 0.0666. The summed E-state index contributed by atoms with van der Waals surface area (Å²) in [4.78, 5) is 25.8. The molecule has 0 spiro atoms. The average molecular weight is 372 g/mol. The van der Waals surface area contributed by atoms with Crippen LogP contribution in [0.2, 0.25) is 0 Å². The Hall–Kier alpha value is -3.35. The lowest BCUT2D eigenvalue weighted by Crippen LogP contribution is -2.32. The van der Waals surface area contributed by atoms with Crippen LogP contribution in [-0.2, 0) is 0 Å². The van der Waals surface area contributed by atoms with E-state index in [0.29, 0.717) is 5.69 Å². The fraction of sp³-hybridized carbons (Fsp3) is 0.100. The van der Waals surface area contributed by atoms with Crippen molar-refractivity contribution in [1.82, 2.24) is 4.90 Å². The smallest absolute Gasteiger partial charge is 0.263 e. The molecule has 0 saturated heterocycles. The molecule has 0 atom stereocenters. The standard InChI is InChI=1S/C20H15F3N2O2/c1-12(18(22)23)13(10-24-15-8-6-14(21)7-9-15)11-25-19(26)16-4-2-3-5-17(16)20(25)27/h2-10,18,24H,1,11H2/b13-10-. The van der Waals surface area contributed by atoms with Gasteiger partial charge in [-0.25, -0.2) is 13.2 Å². The minimum absolute atomic E-state index is 0.0103. The van der Waals surface area contributed by atoms with Crippen LogP contribution in [0, 0.1) is 5.82 Å². The zero-order valence-electron chi connectivity index (χ0n) is 14.1. The first-order valence-electron chi connectivity index (χ1n) is 8.02. The van der Waals surface area contributed by atoms with Gasteiger partial charge in [0.2, 0.25) is 0 Å². The van der Waals surface area contributed by atoms with Crippen LogP contribution in [0.5, 0.6) is 0 Å². The number of alkyl halides is 2. The first-order valence-corrected chi connectivity index (χ1v) is 8.02. The monoisotopic (exact) mass is 372 g/mol. The number of carbonyl (C=O) groups is 2. The highest BCUT2D eigenvalue weighted by Crippen LogP contribution is 2.26. The largest absolute Gasteiger partial charge is 0.361 e. The van der Waals surface area contributed by atoms with Crippen LogP contribution >= 0.6 is 0 Å². The zero-order valence-corrected chi connectivity index (χ0v) is 14.1. The lowest BCUT2D eigenvalue weighted by Gasteiger charge is -2.18. The number of amides is 2. The Bertz CT molecular complexity index is 901. The Kier molecular flexibility index (Phi) is 5.12. The summed E-state index contributed by atoms with van der Waals surface area (Å²) in [5.41, 5.74) is 0.398. The van der Waals surface area contributed by atoms with E-state index in [2.05, 4.69) is 11.9 Å². The number of hydrogen-bond donors (Lipinski definition) is 1. The van der Waals surface area contributed by atoms with Gasteiger partial charge in [0, 0.05) is 17.5 Å². The molecule has 1 N–H and O–H groups in total. The number of imide groups is 1. The SMILES string of the molecule is C=C(/C(=C\Nc1ccc(F)cc1)CN1C(=O)c2ccccc2C1=O)C(F)F. The summed E-state index contributed by atoms with van der Waals surface area (Å²) in [5, 5.41) is 2.76. The van der Waals surface area contributed by atoms with Crippen molar-refractivity contribution in [3.8, 4) is 0 Å². The highest BCUT2D eigenvalue weighted by atomic mass is 19.3. The maximum Gasteiger partial charge on any atom is 0.263 e. The molecule has 27 heavy (non-hydrogen) atoms. The van der Waals surface area contributed by atoms with E-state index < -0.39 is 29.6 Å².